The number of rotatable bonds is 17. The van der Waals surface area contributed by atoms with Gasteiger partial charge in [-0.3, -0.25) is 0 Å². The molecule has 43 heavy (non-hydrogen) atoms. The fourth-order valence-electron chi connectivity index (χ4n) is 5.27. The van der Waals surface area contributed by atoms with Crippen LogP contribution in [0, 0.1) is 0 Å². The van der Waals surface area contributed by atoms with E-state index >= 15 is 0 Å². The second-order valence-corrected chi connectivity index (χ2v) is 10.4. The molecule has 1 saturated heterocycles. The summed E-state index contributed by atoms with van der Waals surface area (Å²) in [4.78, 5) is 0. The molecule has 5 rings (SSSR count). The molecule has 0 unspecified atom stereocenters. The molecule has 228 valence electrons. The second kappa shape index (κ2) is 16.6. The van der Waals surface area contributed by atoms with Crippen molar-refractivity contribution in [1.82, 2.24) is 25.5 Å². The van der Waals surface area contributed by atoms with E-state index in [0.717, 1.165) is 60.7 Å². The van der Waals surface area contributed by atoms with Crippen LogP contribution in [0.5, 0.6) is 17.2 Å². The Labute approximate surface area is 253 Å². The molecule has 10 heteroatoms. The van der Waals surface area contributed by atoms with E-state index in [4.69, 9.17) is 23.7 Å². The Hall–Kier alpha value is -3.99. The standard InChI is InChI=1S/C33H41N5O5/c1-39-31-9-4-3-8-28(31)24-40-19-6-20-41-29-13-11-26(12-14-29)30-15-17-34-23-33(30)43-22-21-42-32-10-5-2-7-27(32)16-18-38-25-35-36-37-38/h2-5,7-14,25,30,33-34H,6,15-24H2,1H3/t30-,33+/m1/s1. The molecule has 0 radical (unpaired) electrons. The predicted molar refractivity (Wildman–Crippen MR) is 163 cm³/mol. The van der Waals surface area contributed by atoms with Crippen molar-refractivity contribution in [3.63, 3.8) is 0 Å². The number of para-hydroxylation sites is 2. The van der Waals surface area contributed by atoms with Gasteiger partial charge in [0.25, 0.3) is 0 Å². The normalized spacial score (nSPS) is 16.6. The minimum atomic E-state index is 0.0829. The zero-order chi connectivity index (χ0) is 29.5. The highest BCUT2D eigenvalue weighted by Crippen LogP contribution is 2.29. The summed E-state index contributed by atoms with van der Waals surface area (Å²) in [5.74, 6) is 2.91. The summed E-state index contributed by atoms with van der Waals surface area (Å²) in [6, 6.07) is 24.4. The molecule has 0 bridgehead atoms. The highest BCUT2D eigenvalue weighted by Gasteiger charge is 2.27. The van der Waals surface area contributed by atoms with Gasteiger partial charge in [-0.15, -0.1) is 5.10 Å². The van der Waals surface area contributed by atoms with Gasteiger partial charge in [0.2, 0.25) is 0 Å². The summed E-state index contributed by atoms with van der Waals surface area (Å²) in [5.41, 5.74) is 3.44. The number of ether oxygens (including phenoxy) is 5. The predicted octanol–water partition coefficient (Wildman–Crippen LogP) is 4.45. The van der Waals surface area contributed by atoms with Gasteiger partial charge in [-0.1, -0.05) is 48.5 Å². The third-order valence-electron chi connectivity index (χ3n) is 7.53. The molecule has 0 aliphatic carbocycles. The minimum absolute atomic E-state index is 0.0829. The van der Waals surface area contributed by atoms with Gasteiger partial charge in [-0.2, -0.15) is 0 Å². The molecule has 0 spiro atoms. The lowest BCUT2D eigenvalue weighted by atomic mass is 9.88. The average molecular weight is 588 g/mol. The Balaban J connectivity index is 1.02. The third-order valence-corrected chi connectivity index (χ3v) is 7.53. The zero-order valence-electron chi connectivity index (χ0n) is 24.8. The van der Waals surface area contributed by atoms with Crippen LogP contribution in [0.3, 0.4) is 0 Å². The molecule has 1 N–H and O–H groups in total. The summed E-state index contributed by atoms with van der Waals surface area (Å²) in [5, 5.41) is 14.8. The number of piperidine rings is 1. The first-order chi connectivity index (χ1) is 21.3. The molecule has 0 amide bonds. The van der Waals surface area contributed by atoms with Gasteiger partial charge in [-0.25, -0.2) is 4.68 Å². The minimum Gasteiger partial charge on any atom is -0.496 e. The first-order valence-electron chi connectivity index (χ1n) is 15.0. The maximum absolute atomic E-state index is 6.34. The number of aryl methyl sites for hydroxylation is 2. The molecule has 4 aromatic rings. The van der Waals surface area contributed by atoms with E-state index in [2.05, 4.69) is 51.2 Å². The monoisotopic (exact) mass is 587 g/mol. The lowest BCUT2D eigenvalue weighted by Gasteiger charge is -2.32. The molecule has 2 heterocycles. The quantitative estimate of drug-likeness (QED) is 0.180. The van der Waals surface area contributed by atoms with Gasteiger partial charge in [0.1, 0.15) is 30.2 Å². The first-order valence-corrected chi connectivity index (χ1v) is 15.0. The number of nitrogens with zero attached hydrogens (tertiary/aromatic N) is 4. The third kappa shape index (κ3) is 9.25. The number of aromatic nitrogens is 4. The molecule has 1 aromatic heterocycles. The lowest BCUT2D eigenvalue weighted by Crippen LogP contribution is -2.41. The Morgan fingerprint density at radius 2 is 1.67 bits per heavy atom. The van der Waals surface area contributed by atoms with Crippen LogP contribution in [0.1, 0.15) is 35.4 Å². The van der Waals surface area contributed by atoms with Crippen molar-refractivity contribution >= 4 is 0 Å². The van der Waals surface area contributed by atoms with Gasteiger partial charge >= 0.3 is 0 Å². The van der Waals surface area contributed by atoms with Crippen LogP contribution in [-0.2, 0) is 29.0 Å². The Morgan fingerprint density at radius 3 is 2.49 bits per heavy atom. The SMILES string of the molecule is COc1ccccc1COCCCOc1ccc([C@H]2CCNC[C@@H]2OCCOc2ccccc2CCn2cnnn2)cc1. The van der Waals surface area contributed by atoms with Crippen molar-refractivity contribution in [3.05, 3.63) is 95.8 Å². The highest BCUT2D eigenvalue weighted by molar-refractivity contribution is 5.34. The Kier molecular flexibility index (Phi) is 11.8. The number of hydrogen-bond donors (Lipinski definition) is 1. The van der Waals surface area contributed by atoms with E-state index in [1.165, 1.54) is 5.56 Å². The van der Waals surface area contributed by atoms with Gasteiger partial charge < -0.3 is 29.0 Å². The molecular weight excluding hydrogens is 546 g/mol. The molecule has 0 saturated carbocycles. The van der Waals surface area contributed by atoms with E-state index in [-0.39, 0.29) is 6.10 Å². The van der Waals surface area contributed by atoms with Crippen molar-refractivity contribution in [2.75, 3.05) is 46.6 Å². The average Bonchev–Trinajstić information content (AvgIpc) is 3.59. The smallest absolute Gasteiger partial charge is 0.138 e. The van der Waals surface area contributed by atoms with Gasteiger partial charge in [-0.05, 0) is 65.2 Å². The van der Waals surface area contributed by atoms with E-state index in [0.29, 0.717) is 45.5 Å². The van der Waals surface area contributed by atoms with Crippen LogP contribution in [-0.4, -0.2) is 72.9 Å². The van der Waals surface area contributed by atoms with Crippen LogP contribution < -0.4 is 19.5 Å². The summed E-state index contributed by atoms with van der Waals surface area (Å²) in [6.07, 6.45) is 4.32. The van der Waals surface area contributed by atoms with Crippen molar-refractivity contribution in [2.45, 2.75) is 44.4 Å². The van der Waals surface area contributed by atoms with Crippen LogP contribution in [0.4, 0.5) is 0 Å². The largest absolute Gasteiger partial charge is 0.496 e. The van der Waals surface area contributed by atoms with Crippen molar-refractivity contribution in [1.29, 1.82) is 0 Å². The van der Waals surface area contributed by atoms with Crippen molar-refractivity contribution < 1.29 is 23.7 Å². The highest BCUT2D eigenvalue weighted by atomic mass is 16.5. The van der Waals surface area contributed by atoms with Crippen LogP contribution >= 0.6 is 0 Å². The fourth-order valence-corrected chi connectivity index (χ4v) is 5.27. The summed E-state index contributed by atoms with van der Waals surface area (Å²) >= 11 is 0. The second-order valence-electron chi connectivity index (χ2n) is 10.4. The van der Waals surface area contributed by atoms with Crippen molar-refractivity contribution in [3.8, 4) is 17.2 Å². The van der Waals surface area contributed by atoms with Crippen LogP contribution in [0.25, 0.3) is 0 Å². The number of tetrazole rings is 1. The molecular formula is C33H41N5O5. The molecule has 1 aliphatic rings. The number of hydrogen-bond acceptors (Lipinski definition) is 9. The van der Waals surface area contributed by atoms with Gasteiger partial charge in [0, 0.05) is 31.0 Å². The summed E-state index contributed by atoms with van der Waals surface area (Å²) in [7, 11) is 1.68. The maximum Gasteiger partial charge on any atom is 0.138 e. The number of benzene rings is 3. The zero-order valence-corrected chi connectivity index (χ0v) is 24.8. The molecule has 10 nitrogen and oxygen atoms in total. The molecule has 1 fully saturated rings. The first kappa shape index (κ1) is 30.5. The Bertz CT molecular complexity index is 1350. The summed E-state index contributed by atoms with van der Waals surface area (Å²) in [6.45, 7) is 5.25. The lowest BCUT2D eigenvalue weighted by molar-refractivity contribution is 0.00720. The fraction of sp³-hybridized carbons (Fsp3) is 0.424. The van der Waals surface area contributed by atoms with Crippen molar-refractivity contribution in [2.24, 2.45) is 0 Å². The topological polar surface area (TPSA) is 102 Å². The molecule has 3 aromatic carbocycles. The van der Waals surface area contributed by atoms with E-state index in [9.17, 15) is 0 Å². The Morgan fingerprint density at radius 1 is 0.860 bits per heavy atom. The van der Waals surface area contributed by atoms with Crippen LogP contribution in [0.15, 0.2) is 79.1 Å². The summed E-state index contributed by atoms with van der Waals surface area (Å²) < 4.78 is 31.3. The number of methoxy groups -OCH3 is 1. The maximum atomic E-state index is 6.34. The van der Waals surface area contributed by atoms with E-state index < -0.39 is 0 Å². The number of nitrogens with one attached hydrogen (secondary N) is 1. The molecule has 1 aliphatic heterocycles. The van der Waals surface area contributed by atoms with E-state index in [1.807, 2.05) is 42.5 Å². The molecule has 2 atom stereocenters. The van der Waals surface area contributed by atoms with Crippen LogP contribution in [0.2, 0.25) is 0 Å². The van der Waals surface area contributed by atoms with Gasteiger partial charge in [0.15, 0.2) is 0 Å². The van der Waals surface area contributed by atoms with Gasteiger partial charge in [0.05, 0.1) is 39.6 Å². The van der Waals surface area contributed by atoms with E-state index in [1.54, 1.807) is 18.1 Å².